The van der Waals surface area contributed by atoms with E-state index in [2.05, 4.69) is 17.9 Å². The molecule has 3 heteroatoms. The minimum absolute atomic E-state index is 0.553. The minimum Gasteiger partial charge on any atom is -0.459 e. The second-order valence-electron chi connectivity index (χ2n) is 5.41. The van der Waals surface area contributed by atoms with Gasteiger partial charge in [-0.3, -0.25) is 4.90 Å². The van der Waals surface area contributed by atoms with Crippen molar-refractivity contribution in [3.8, 4) is 0 Å². The summed E-state index contributed by atoms with van der Waals surface area (Å²) in [6, 6.07) is 8.95. The highest BCUT2D eigenvalue weighted by Gasteiger charge is 2.29. The maximum absolute atomic E-state index is 6.02. The molecule has 0 bridgehead atoms. The van der Waals surface area contributed by atoms with Crippen LogP contribution in [0.25, 0.3) is 11.0 Å². The molecule has 1 fully saturated rings. The fraction of sp³-hybridized carbons (Fsp3) is 0.500. The fourth-order valence-corrected chi connectivity index (χ4v) is 2.80. The fourth-order valence-electron chi connectivity index (χ4n) is 2.80. The standard InChI is InChI=1S/C16H22N2O/c1-2-9-18(12-7-8-12)11-16-14(10-17)13-5-3-4-6-15(13)19-16/h3-6,12H,2,7-11,17H2,1H3. The SMILES string of the molecule is CCCN(Cc1oc2ccccc2c1CN)C1CC1. The van der Waals surface area contributed by atoms with Gasteiger partial charge in [0.15, 0.2) is 0 Å². The molecule has 0 spiro atoms. The number of nitrogens with zero attached hydrogens (tertiary/aromatic N) is 1. The average Bonchev–Trinajstić information content (AvgIpc) is 3.20. The Bertz CT molecular complexity index is 557. The summed E-state index contributed by atoms with van der Waals surface area (Å²) in [6.45, 7) is 4.83. The van der Waals surface area contributed by atoms with Gasteiger partial charge in [0.05, 0.1) is 6.54 Å². The Morgan fingerprint density at radius 3 is 2.79 bits per heavy atom. The summed E-state index contributed by atoms with van der Waals surface area (Å²) in [6.07, 6.45) is 3.85. The maximum Gasteiger partial charge on any atom is 0.134 e. The van der Waals surface area contributed by atoms with Gasteiger partial charge in [0.1, 0.15) is 11.3 Å². The summed E-state index contributed by atoms with van der Waals surface area (Å²) >= 11 is 0. The van der Waals surface area contributed by atoms with Gasteiger partial charge in [0.25, 0.3) is 0 Å². The normalized spacial score (nSPS) is 15.5. The Morgan fingerprint density at radius 1 is 1.32 bits per heavy atom. The minimum atomic E-state index is 0.553. The Hall–Kier alpha value is -1.32. The Labute approximate surface area is 114 Å². The molecule has 0 radical (unpaired) electrons. The van der Waals surface area contributed by atoms with Gasteiger partial charge in [-0.2, -0.15) is 0 Å². The summed E-state index contributed by atoms with van der Waals surface area (Å²) in [7, 11) is 0. The van der Waals surface area contributed by atoms with Gasteiger partial charge in [-0.15, -0.1) is 0 Å². The molecule has 2 N–H and O–H groups in total. The van der Waals surface area contributed by atoms with Crippen molar-refractivity contribution in [1.29, 1.82) is 0 Å². The van der Waals surface area contributed by atoms with Crippen LogP contribution in [0.15, 0.2) is 28.7 Å². The summed E-state index contributed by atoms with van der Waals surface area (Å²) < 4.78 is 6.02. The quantitative estimate of drug-likeness (QED) is 0.864. The second kappa shape index (κ2) is 5.35. The van der Waals surface area contributed by atoms with Gasteiger partial charge in [-0.1, -0.05) is 25.1 Å². The topological polar surface area (TPSA) is 42.4 Å². The molecule has 102 valence electrons. The van der Waals surface area contributed by atoms with Gasteiger partial charge >= 0.3 is 0 Å². The lowest BCUT2D eigenvalue weighted by Crippen LogP contribution is -2.26. The van der Waals surface area contributed by atoms with E-state index < -0.39 is 0 Å². The highest BCUT2D eigenvalue weighted by Crippen LogP contribution is 2.31. The van der Waals surface area contributed by atoms with Crippen molar-refractivity contribution < 1.29 is 4.42 Å². The molecule has 3 nitrogen and oxygen atoms in total. The molecular formula is C16H22N2O. The van der Waals surface area contributed by atoms with E-state index in [1.54, 1.807) is 0 Å². The van der Waals surface area contributed by atoms with Crippen molar-refractivity contribution in [1.82, 2.24) is 4.90 Å². The molecule has 0 atom stereocenters. The van der Waals surface area contributed by atoms with E-state index in [4.69, 9.17) is 10.2 Å². The van der Waals surface area contributed by atoms with E-state index in [0.29, 0.717) is 6.54 Å². The number of rotatable bonds is 6. The van der Waals surface area contributed by atoms with Crippen LogP contribution in [-0.2, 0) is 13.1 Å². The molecule has 0 amide bonds. The number of fused-ring (bicyclic) bond motifs is 1. The zero-order valence-corrected chi connectivity index (χ0v) is 11.6. The first-order valence-electron chi connectivity index (χ1n) is 7.27. The van der Waals surface area contributed by atoms with Gasteiger partial charge in [-0.25, -0.2) is 0 Å². The van der Waals surface area contributed by atoms with Crippen molar-refractivity contribution in [3.05, 3.63) is 35.6 Å². The Kier molecular flexibility index (Phi) is 3.58. The van der Waals surface area contributed by atoms with Crippen molar-refractivity contribution in [2.24, 2.45) is 5.73 Å². The molecule has 1 heterocycles. The molecule has 2 aromatic rings. The first kappa shape index (κ1) is 12.7. The second-order valence-corrected chi connectivity index (χ2v) is 5.41. The molecule has 1 aliphatic rings. The molecule has 0 aliphatic heterocycles. The number of para-hydroxylation sites is 1. The zero-order valence-electron chi connectivity index (χ0n) is 11.6. The van der Waals surface area contributed by atoms with Crippen LogP contribution in [-0.4, -0.2) is 17.5 Å². The lowest BCUT2D eigenvalue weighted by atomic mass is 10.1. The molecule has 1 aromatic heterocycles. The molecule has 1 aliphatic carbocycles. The van der Waals surface area contributed by atoms with Crippen LogP contribution in [0, 0.1) is 0 Å². The van der Waals surface area contributed by atoms with E-state index in [-0.39, 0.29) is 0 Å². The van der Waals surface area contributed by atoms with E-state index >= 15 is 0 Å². The van der Waals surface area contributed by atoms with E-state index in [1.807, 2.05) is 18.2 Å². The van der Waals surface area contributed by atoms with Gasteiger partial charge in [0, 0.05) is 23.5 Å². The monoisotopic (exact) mass is 258 g/mol. The average molecular weight is 258 g/mol. The van der Waals surface area contributed by atoms with Gasteiger partial charge in [-0.05, 0) is 31.9 Å². The predicted molar refractivity (Wildman–Crippen MR) is 77.8 cm³/mol. The largest absolute Gasteiger partial charge is 0.459 e. The lowest BCUT2D eigenvalue weighted by Gasteiger charge is -2.20. The third-order valence-corrected chi connectivity index (χ3v) is 3.91. The van der Waals surface area contributed by atoms with Crippen molar-refractivity contribution >= 4 is 11.0 Å². The molecule has 19 heavy (non-hydrogen) atoms. The van der Waals surface area contributed by atoms with Crippen molar-refractivity contribution in [2.75, 3.05) is 6.54 Å². The van der Waals surface area contributed by atoms with Crippen LogP contribution in [0.5, 0.6) is 0 Å². The summed E-state index contributed by atoms with van der Waals surface area (Å²) in [5.41, 5.74) is 8.07. The van der Waals surface area contributed by atoms with Crippen LogP contribution >= 0.6 is 0 Å². The van der Waals surface area contributed by atoms with Gasteiger partial charge in [0.2, 0.25) is 0 Å². The number of hydrogen-bond donors (Lipinski definition) is 1. The van der Waals surface area contributed by atoms with E-state index in [9.17, 15) is 0 Å². The first-order valence-corrected chi connectivity index (χ1v) is 7.27. The number of nitrogens with two attached hydrogens (primary N) is 1. The highest BCUT2D eigenvalue weighted by atomic mass is 16.3. The van der Waals surface area contributed by atoms with E-state index in [0.717, 1.165) is 30.5 Å². The molecular weight excluding hydrogens is 236 g/mol. The predicted octanol–water partition coefficient (Wildman–Crippen LogP) is 3.27. The van der Waals surface area contributed by atoms with E-state index in [1.165, 1.54) is 30.2 Å². The Morgan fingerprint density at radius 2 is 2.11 bits per heavy atom. The van der Waals surface area contributed by atoms with Crippen LogP contribution in [0.2, 0.25) is 0 Å². The van der Waals surface area contributed by atoms with Gasteiger partial charge < -0.3 is 10.2 Å². The van der Waals surface area contributed by atoms with Crippen LogP contribution in [0.4, 0.5) is 0 Å². The van der Waals surface area contributed by atoms with Crippen molar-refractivity contribution in [2.45, 2.75) is 45.3 Å². The summed E-state index contributed by atoms with van der Waals surface area (Å²) in [5.74, 6) is 1.06. The number of benzene rings is 1. The lowest BCUT2D eigenvalue weighted by molar-refractivity contribution is 0.235. The third kappa shape index (κ3) is 2.53. The zero-order chi connectivity index (χ0) is 13.2. The molecule has 0 saturated heterocycles. The van der Waals surface area contributed by atoms with Crippen LogP contribution in [0.1, 0.15) is 37.5 Å². The molecule has 1 aromatic carbocycles. The maximum atomic E-state index is 6.02. The van der Waals surface area contributed by atoms with Crippen LogP contribution in [0.3, 0.4) is 0 Å². The summed E-state index contributed by atoms with van der Waals surface area (Å²) in [4.78, 5) is 2.54. The highest BCUT2D eigenvalue weighted by molar-refractivity contribution is 5.82. The smallest absolute Gasteiger partial charge is 0.134 e. The molecule has 0 unspecified atom stereocenters. The Balaban J connectivity index is 1.90. The summed E-state index contributed by atoms with van der Waals surface area (Å²) in [5, 5.41) is 1.17. The number of furan rings is 1. The molecule has 3 rings (SSSR count). The molecule has 1 saturated carbocycles. The first-order chi connectivity index (χ1) is 9.33. The van der Waals surface area contributed by atoms with Crippen molar-refractivity contribution in [3.63, 3.8) is 0 Å². The van der Waals surface area contributed by atoms with Crippen LogP contribution < -0.4 is 5.73 Å². The number of hydrogen-bond acceptors (Lipinski definition) is 3. The third-order valence-electron chi connectivity index (χ3n) is 3.91.